The first-order valence-corrected chi connectivity index (χ1v) is 8.28. The zero-order valence-corrected chi connectivity index (χ0v) is 12.8. The second kappa shape index (κ2) is 9.32. The Morgan fingerprint density at radius 1 is 1.06 bits per heavy atom. The third-order valence-electron chi connectivity index (χ3n) is 3.07. The number of benzene rings is 1. The molecule has 102 valence electrons. The molecule has 0 aromatic heterocycles. The first kappa shape index (κ1) is 15.4. The van der Waals surface area contributed by atoms with E-state index in [-0.39, 0.29) is 0 Å². The molecule has 0 bridgehead atoms. The molecule has 0 saturated carbocycles. The summed E-state index contributed by atoms with van der Waals surface area (Å²) in [4.78, 5) is 1.25. The van der Waals surface area contributed by atoms with Gasteiger partial charge in [0.1, 0.15) is 5.75 Å². The van der Waals surface area contributed by atoms with Crippen LogP contribution in [-0.4, -0.2) is 12.9 Å². The van der Waals surface area contributed by atoms with Crippen LogP contribution in [0.4, 0.5) is 0 Å². The standard InChI is InChI=1S/C16H26OS/c1-4-5-6-7-8-9-12-17-15-11-10-14(2)13-16(15)18-3/h10-11,13H,4-9,12H2,1-3H3. The van der Waals surface area contributed by atoms with Crippen LogP contribution in [0.2, 0.25) is 0 Å². The van der Waals surface area contributed by atoms with E-state index in [0.717, 1.165) is 12.4 Å². The van der Waals surface area contributed by atoms with Crippen molar-refractivity contribution in [2.24, 2.45) is 0 Å². The highest BCUT2D eigenvalue weighted by atomic mass is 32.2. The molecule has 1 nitrogen and oxygen atoms in total. The monoisotopic (exact) mass is 266 g/mol. The quantitative estimate of drug-likeness (QED) is 0.434. The van der Waals surface area contributed by atoms with Crippen LogP contribution in [-0.2, 0) is 0 Å². The van der Waals surface area contributed by atoms with Crippen LogP contribution in [0.5, 0.6) is 5.75 Å². The predicted octanol–water partition coefficient (Wildman–Crippen LogP) is 5.46. The lowest BCUT2D eigenvalue weighted by Gasteiger charge is -2.10. The summed E-state index contributed by atoms with van der Waals surface area (Å²) in [5, 5.41) is 0. The number of unbranched alkanes of at least 4 members (excludes halogenated alkanes) is 5. The van der Waals surface area contributed by atoms with Gasteiger partial charge in [-0.15, -0.1) is 11.8 Å². The Bertz CT molecular complexity index is 336. The minimum atomic E-state index is 0.850. The summed E-state index contributed by atoms with van der Waals surface area (Å²) in [5.74, 6) is 1.04. The molecule has 0 radical (unpaired) electrons. The van der Waals surface area contributed by atoms with Crippen LogP contribution in [0.15, 0.2) is 23.1 Å². The number of ether oxygens (including phenoxy) is 1. The second-order valence-electron chi connectivity index (χ2n) is 4.77. The van der Waals surface area contributed by atoms with E-state index < -0.39 is 0 Å². The van der Waals surface area contributed by atoms with E-state index in [1.54, 1.807) is 11.8 Å². The summed E-state index contributed by atoms with van der Waals surface area (Å²) in [6.45, 7) is 5.23. The Balaban J connectivity index is 2.22. The average Bonchev–Trinajstić information content (AvgIpc) is 2.39. The SMILES string of the molecule is CCCCCCCCOc1ccc(C)cc1SC. The fourth-order valence-corrected chi connectivity index (χ4v) is 2.59. The van der Waals surface area contributed by atoms with Crippen LogP contribution in [0.3, 0.4) is 0 Å². The maximum absolute atomic E-state index is 5.87. The fraction of sp³-hybridized carbons (Fsp3) is 0.625. The second-order valence-corrected chi connectivity index (χ2v) is 5.62. The molecule has 0 aliphatic heterocycles. The highest BCUT2D eigenvalue weighted by molar-refractivity contribution is 7.98. The van der Waals surface area contributed by atoms with Gasteiger partial charge in [0.05, 0.1) is 6.61 Å². The summed E-state index contributed by atoms with van der Waals surface area (Å²) in [5.41, 5.74) is 1.30. The molecule has 0 aliphatic carbocycles. The maximum Gasteiger partial charge on any atom is 0.132 e. The van der Waals surface area contributed by atoms with Crippen molar-refractivity contribution in [3.05, 3.63) is 23.8 Å². The molecule has 0 unspecified atom stereocenters. The first-order chi connectivity index (χ1) is 8.77. The minimum absolute atomic E-state index is 0.850. The van der Waals surface area contributed by atoms with Gasteiger partial charge in [-0.25, -0.2) is 0 Å². The molecule has 0 heterocycles. The highest BCUT2D eigenvalue weighted by Crippen LogP contribution is 2.28. The molecule has 0 fully saturated rings. The van der Waals surface area contributed by atoms with Gasteiger partial charge in [0, 0.05) is 4.90 Å². The highest BCUT2D eigenvalue weighted by Gasteiger charge is 2.02. The number of thioether (sulfide) groups is 1. The largest absolute Gasteiger partial charge is 0.492 e. The van der Waals surface area contributed by atoms with Gasteiger partial charge in [0.25, 0.3) is 0 Å². The number of hydrogen-bond acceptors (Lipinski definition) is 2. The fourth-order valence-electron chi connectivity index (χ4n) is 1.96. The number of hydrogen-bond donors (Lipinski definition) is 0. The third kappa shape index (κ3) is 5.81. The maximum atomic E-state index is 5.87. The van der Waals surface area contributed by atoms with Crippen molar-refractivity contribution in [3.63, 3.8) is 0 Å². The Hall–Kier alpha value is -0.630. The molecule has 0 spiro atoms. The van der Waals surface area contributed by atoms with E-state index in [4.69, 9.17) is 4.74 Å². The van der Waals surface area contributed by atoms with E-state index in [1.807, 2.05) is 0 Å². The van der Waals surface area contributed by atoms with Crippen LogP contribution >= 0.6 is 11.8 Å². The van der Waals surface area contributed by atoms with Crippen molar-refractivity contribution in [3.8, 4) is 5.75 Å². The molecular weight excluding hydrogens is 240 g/mol. The molecule has 1 aromatic rings. The molecule has 0 N–H and O–H groups in total. The Morgan fingerprint density at radius 3 is 2.50 bits per heavy atom. The minimum Gasteiger partial charge on any atom is -0.492 e. The van der Waals surface area contributed by atoms with Gasteiger partial charge in [0.15, 0.2) is 0 Å². The topological polar surface area (TPSA) is 9.23 Å². The normalized spacial score (nSPS) is 10.6. The van der Waals surface area contributed by atoms with Crippen molar-refractivity contribution in [2.75, 3.05) is 12.9 Å². The van der Waals surface area contributed by atoms with Crippen molar-refractivity contribution in [1.82, 2.24) is 0 Å². The summed E-state index contributed by atoms with van der Waals surface area (Å²) < 4.78 is 5.87. The molecule has 2 heteroatoms. The van der Waals surface area contributed by atoms with E-state index in [2.05, 4.69) is 38.3 Å². The van der Waals surface area contributed by atoms with Gasteiger partial charge in [-0.1, -0.05) is 45.1 Å². The Morgan fingerprint density at radius 2 is 1.78 bits per heavy atom. The molecule has 0 atom stereocenters. The third-order valence-corrected chi connectivity index (χ3v) is 3.83. The van der Waals surface area contributed by atoms with Gasteiger partial charge in [-0.3, -0.25) is 0 Å². The summed E-state index contributed by atoms with van der Waals surface area (Å²) >= 11 is 1.76. The lowest BCUT2D eigenvalue weighted by atomic mass is 10.1. The summed E-state index contributed by atoms with van der Waals surface area (Å²) in [6.07, 6.45) is 9.97. The van der Waals surface area contributed by atoms with Crippen molar-refractivity contribution in [2.45, 2.75) is 57.3 Å². The molecule has 0 amide bonds. The summed E-state index contributed by atoms with van der Waals surface area (Å²) in [6, 6.07) is 6.41. The number of rotatable bonds is 9. The molecule has 0 saturated heterocycles. The van der Waals surface area contributed by atoms with Gasteiger partial charge in [-0.05, 0) is 37.3 Å². The van der Waals surface area contributed by atoms with Gasteiger partial charge >= 0.3 is 0 Å². The van der Waals surface area contributed by atoms with Crippen LogP contribution in [0.25, 0.3) is 0 Å². The van der Waals surface area contributed by atoms with E-state index >= 15 is 0 Å². The predicted molar refractivity (Wildman–Crippen MR) is 81.8 cm³/mol. The van der Waals surface area contributed by atoms with Crippen LogP contribution < -0.4 is 4.74 Å². The molecule has 18 heavy (non-hydrogen) atoms. The van der Waals surface area contributed by atoms with E-state index in [0.29, 0.717) is 0 Å². The lowest BCUT2D eigenvalue weighted by molar-refractivity contribution is 0.298. The molecule has 1 rings (SSSR count). The van der Waals surface area contributed by atoms with Crippen molar-refractivity contribution >= 4 is 11.8 Å². The van der Waals surface area contributed by atoms with Crippen molar-refractivity contribution in [1.29, 1.82) is 0 Å². The van der Waals surface area contributed by atoms with Gasteiger partial charge < -0.3 is 4.74 Å². The van der Waals surface area contributed by atoms with Crippen molar-refractivity contribution < 1.29 is 4.74 Å². The lowest BCUT2D eigenvalue weighted by Crippen LogP contribution is -1.98. The Labute approximate surface area is 116 Å². The molecule has 1 aromatic carbocycles. The zero-order valence-electron chi connectivity index (χ0n) is 12.0. The van der Waals surface area contributed by atoms with E-state index in [1.165, 1.54) is 49.0 Å². The Kier molecular flexibility index (Phi) is 7.99. The number of aryl methyl sites for hydroxylation is 1. The van der Waals surface area contributed by atoms with Gasteiger partial charge in [0.2, 0.25) is 0 Å². The zero-order chi connectivity index (χ0) is 13.2. The molecular formula is C16H26OS. The smallest absolute Gasteiger partial charge is 0.132 e. The van der Waals surface area contributed by atoms with Crippen LogP contribution in [0.1, 0.15) is 51.0 Å². The molecule has 0 aliphatic rings. The summed E-state index contributed by atoms with van der Waals surface area (Å²) in [7, 11) is 0. The van der Waals surface area contributed by atoms with E-state index in [9.17, 15) is 0 Å². The first-order valence-electron chi connectivity index (χ1n) is 7.05. The van der Waals surface area contributed by atoms with Gasteiger partial charge in [-0.2, -0.15) is 0 Å². The van der Waals surface area contributed by atoms with Crippen LogP contribution in [0, 0.1) is 6.92 Å². The average molecular weight is 266 g/mol.